The second-order valence-electron chi connectivity index (χ2n) is 5.10. The van der Waals surface area contributed by atoms with Gasteiger partial charge in [-0.2, -0.15) is 0 Å². The topological polar surface area (TPSA) is 42.0 Å². The predicted octanol–water partition coefficient (Wildman–Crippen LogP) is 3.89. The molecule has 1 heterocycles. The molecular weight excluding hydrogens is 296 g/mol. The predicted molar refractivity (Wildman–Crippen MR) is 90.7 cm³/mol. The number of hydrogen-bond acceptors (Lipinski definition) is 2. The number of halogens is 1. The van der Waals surface area contributed by atoms with Crippen molar-refractivity contribution in [2.75, 3.05) is 6.54 Å². The second-order valence-corrected chi connectivity index (χ2v) is 5.54. The lowest BCUT2D eigenvalue weighted by atomic mass is 10.1. The van der Waals surface area contributed by atoms with Crippen LogP contribution in [-0.2, 0) is 11.2 Å². The van der Waals surface area contributed by atoms with Crippen LogP contribution in [0.15, 0.2) is 54.4 Å². The van der Waals surface area contributed by atoms with E-state index in [1.54, 1.807) is 6.20 Å². The first-order valence-corrected chi connectivity index (χ1v) is 7.64. The van der Waals surface area contributed by atoms with Crippen molar-refractivity contribution < 1.29 is 4.79 Å². The van der Waals surface area contributed by atoms with Gasteiger partial charge in [-0.1, -0.05) is 29.8 Å². The number of nitrogens with one attached hydrogen (secondary N) is 1. The van der Waals surface area contributed by atoms with Crippen molar-refractivity contribution in [3.63, 3.8) is 0 Å². The van der Waals surface area contributed by atoms with Crippen molar-refractivity contribution in [2.24, 2.45) is 0 Å². The Labute approximate surface area is 136 Å². The van der Waals surface area contributed by atoms with Crippen LogP contribution in [0.3, 0.4) is 0 Å². The molecule has 0 atom stereocenters. The summed E-state index contributed by atoms with van der Waals surface area (Å²) in [6.07, 6.45) is 7.27. The Morgan fingerprint density at radius 2 is 2.05 bits per heavy atom. The third kappa shape index (κ3) is 5.34. The van der Waals surface area contributed by atoms with E-state index in [0.29, 0.717) is 17.1 Å². The highest BCUT2D eigenvalue weighted by molar-refractivity contribution is 6.30. The zero-order valence-electron chi connectivity index (χ0n) is 12.6. The number of carbonyl (C=O) groups excluding carboxylic acids is 1. The normalized spacial score (nSPS) is 11.3. The minimum Gasteiger partial charge on any atom is -0.352 e. The molecule has 1 N–H and O–H groups in total. The van der Waals surface area contributed by atoms with Gasteiger partial charge in [-0.25, -0.2) is 0 Å². The third-order valence-electron chi connectivity index (χ3n) is 3.26. The van der Waals surface area contributed by atoms with Crippen LogP contribution in [0.25, 0.3) is 6.08 Å². The summed E-state index contributed by atoms with van der Waals surface area (Å²) in [6.45, 7) is 2.46. The molecule has 1 aromatic carbocycles. The van der Waals surface area contributed by atoms with Gasteiger partial charge in [-0.3, -0.25) is 9.78 Å². The molecule has 22 heavy (non-hydrogen) atoms. The van der Waals surface area contributed by atoms with Crippen LogP contribution in [0.4, 0.5) is 0 Å². The van der Waals surface area contributed by atoms with Gasteiger partial charge in [0.2, 0.25) is 5.91 Å². The monoisotopic (exact) mass is 314 g/mol. The van der Waals surface area contributed by atoms with E-state index >= 15 is 0 Å². The van der Waals surface area contributed by atoms with Gasteiger partial charge in [0, 0.05) is 29.5 Å². The van der Waals surface area contributed by atoms with Crippen LogP contribution >= 0.6 is 11.6 Å². The van der Waals surface area contributed by atoms with Gasteiger partial charge in [0.05, 0.1) is 0 Å². The quantitative estimate of drug-likeness (QED) is 0.649. The average molecular weight is 315 g/mol. The number of benzene rings is 1. The number of pyridine rings is 1. The lowest BCUT2D eigenvalue weighted by molar-refractivity contribution is -0.117. The van der Waals surface area contributed by atoms with Crippen molar-refractivity contribution in [1.82, 2.24) is 10.3 Å². The number of hydrogen-bond donors (Lipinski definition) is 1. The number of carbonyl (C=O) groups is 1. The van der Waals surface area contributed by atoms with Gasteiger partial charge in [0.15, 0.2) is 0 Å². The van der Waals surface area contributed by atoms with Gasteiger partial charge in [0.1, 0.15) is 0 Å². The van der Waals surface area contributed by atoms with Crippen LogP contribution in [-0.4, -0.2) is 17.4 Å². The standard InChI is InChI=1S/C18H19ClN2O/c1-14(12-15-6-8-17(19)9-7-15)18(22)21-11-3-5-16-4-2-10-20-13-16/h2,4,6-10,12-13H,3,5,11H2,1H3,(H,21,22)/b14-12+. The molecule has 0 saturated carbocycles. The van der Waals surface area contributed by atoms with E-state index in [0.717, 1.165) is 18.4 Å². The van der Waals surface area contributed by atoms with E-state index in [2.05, 4.69) is 10.3 Å². The van der Waals surface area contributed by atoms with E-state index < -0.39 is 0 Å². The third-order valence-corrected chi connectivity index (χ3v) is 3.51. The summed E-state index contributed by atoms with van der Waals surface area (Å²) in [4.78, 5) is 16.1. The molecule has 0 aliphatic carbocycles. The van der Waals surface area contributed by atoms with Gasteiger partial charge in [-0.05, 0) is 55.2 Å². The Bertz CT molecular complexity index is 636. The Kier molecular flexibility index (Phi) is 6.16. The highest BCUT2D eigenvalue weighted by Gasteiger charge is 2.03. The Hall–Kier alpha value is -2.13. The second kappa shape index (κ2) is 8.35. The maximum absolute atomic E-state index is 12.0. The molecular formula is C18H19ClN2O. The van der Waals surface area contributed by atoms with E-state index in [1.165, 1.54) is 5.56 Å². The van der Waals surface area contributed by atoms with Crippen molar-refractivity contribution in [2.45, 2.75) is 19.8 Å². The van der Waals surface area contributed by atoms with Crippen molar-refractivity contribution in [3.8, 4) is 0 Å². The summed E-state index contributed by atoms with van der Waals surface area (Å²) < 4.78 is 0. The smallest absolute Gasteiger partial charge is 0.246 e. The average Bonchev–Trinajstić information content (AvgIpc) is 2.54. The van der Waals surface area contributed by atoms with Crippen LogP contribution in [0.2, 0.25) is 5.02 Å². The number of nitrogens with zero attached hydrogens (tertiary/aromatic N) is 1. The molecule has 0 spiro atoms. The van der Waals surface area contributed by atoms with Crippen LogP contribution < -0.4 is 5.32 Å². The van der Waals surface area contributed by atoms with Gasteiger partial charge < -0.3 is 5.32 Å². The molecule has 0 aliphatic heterocycles. The molecule has 0 saturated heterocycles. The largest absolute Gasteiger partial charge is 0.352 e. The van der Waals surface area contributed by atoms with E-state index in [1.807, 2.05) is 55.6 Å². The molecule has 3 nitrogen and oxygen atoms in total. The lowest BCUT2D eigenvalue weighted by Gasteiger charge is -2.06. The van der Waals surface area contributed by atoms with E-state index in [4.69, 9.17) is 11.6 Å². The van der Waals surface area contributed by atoms with E-state index in [-0.39, 0.29) is 5.91 Å². The van der Waals surface area contributed by atoms with Crippen molar-refractivity contribution in [1.29, 1.82) is 0 Å². The molecule has 0 aliphatic rings. The molecule has 114 valence electrons. The fourth-order valence-corrected chi connectivity index (χ4v) is 2.18. The summed E-state index contributed by atoms with van der Waals surface area (Å²) in [5.74, 6) is -0.0406. The molecule has 2 rings (SSSR count). The fraction of sp³-hybridized carbons (Fsp3) is 0.222. The summed E-state index contributed by atoms with van der Waals surface area (Å²) in [5.41, 5.74) is 2.83. The van der Waals surface area contributed by atoms with Crippen molar-refractivity contribution >= 4 is 23.6 Å². The molecule has 0 unspecified atom stereocenters. The highest BCUT2D eigenvalue weighted by atomic mass is 35.5. The Morgan fingerprint density at radius 1 is 1.27 bits per heavy atom. The number of amides is 1. The van der Waals surface area contributed by atoms with Gasteiger partial charge in [-0.15, -0.1) is 0 Å². The lowest BCUT2D eigenvalue weighted by Crippen LogP contribution is -2.25. The van der Waals surface area contributed by atoms with Crippen LogP contribution in [0.5, 0.6) is 0 Å². The molecule has 0 fully saturated rings. The molecule has 0 radical (unpaired) electrons. The number of aromatic nitrogens is 1. The first-order chi connectivity index (χ1) is 10.6. The van der Waals surface area contributed by atoms with Crippen LogP contribution in [0, 0.1) is 0 Å². The number of aryl methyl sites for hydroxylation is 1. The molecule has 2 aromatic rings. The maximum atomic E-state index is 12.0. The summed E-state index contributed by atoms with van der Waals surface area (Å²) in [5, 5.41) is 3.62. The zero-order valence-corrected chi connectivity index (χ0v) is 13.3. The van der Waals surface area contributed by atoms with Crippen molar-refractivity contribution in [3.05, 3.63) is 70.5 Å². The zero-order chi connectivity index (χ0) is 15.8. The van der Waals surface area contributed by atoms with E-state index in [9.17, 15) is 4.79 Å². The summed E-state index contributed by atoms with van der Waals surface area (Å²) in [7, 11) is 0. The first kappa shape index (κ1) is 16.2. The molecule has 4 heteroatoms. The molecule has 1 amide bonds. The van der Waals surface area contributed by atoms with Gasteiger partial charge >= 0.3 is 0 Å². The SMILES string of the molecule is C/C(=C\c1ccc(Cl)cc1)C(=O)NCCCc1cccnc1. The van der Waals surface area contributed by atoms with Gasteiger partial charge in [0.25, 0.3) is 0 Å². The molecule has 0 bridgehead atoms. The number of rotatable bonds is 6. The Morgan fingerprint density at radius 3 is 2.73 bits per heavy atom. The van der Waals surface area contributed by atoms with Crippen LogP contribution in [0.1, 0.15) is 24.5 Å². The summed E-state index contributed by atoms with van der Waals surface area (Å²) in [6, 6.07) is 11.4. The maximum Gasteiger partial charge on any atom is 0.246 e. The summed E-state index contributed by atoms with van der Waals surface area (Å²) >= 11 is 5.84. The minimum absolute atomic E-state index is 0.0406. The highest BCUT2D eigenvalue weighted by Crippen LogP contribution is 2.12. The first-order valence-electron chi connectivity index (χ1n) is 7.26. The fourth-order valence-electron chi connectivity index (χ4n) is 2.05. The molecule has 1 aromatic heterocycles. The Balaban J connectivity index is 1.78. The minimum atomic E-state index is -0.0406.